The molecule has 34 heavy (non-hydrogen) atoms. The van der Waals surface area contributed by atoms with E-state index in [4.69, 9.17) is 28.4 Å². The summed E-state index contributed by atoms with van der Waals surface area (Å²) in [5.74, 6) is -0.0146. The van der Waals surface area contributed by atoms with Crippen LogP contribution in [0.15, 0.2) is 43.0 Å². The molecule has 0 aliphatic carbocycles. The molecule has 6 nitrogen and oxygen atoms in total. The molecule has 0 radical (unpaired) electrons. The number of methoxy groups -OCH3 is 1. The van der Waals surface area contributed by atoms with Crippen LogP contribution in [0.4, 0.5) is 0 Å². The minimum absolute atomic E-state index is 0.00692. The van der Waals surface area contributed by atoms with Crippen LogP contribution in [0.3, 0.4) is 0 Å². The van der Waals surface area contributed by atoms with Crippen LogP contribution in [-0.4, -0.2) is 49.9 Å². The zero-order chi connectivity index (χ0) is 24.9. The molecule has 2 heterocycles. The van der Waals surface area contributed by atoms with Gasteiger partial charge in [0.2, 0.25) is 0 Å². The van der Waals surface area contributed by atoms with E-state index in [0.717, 1.165) is 12.0 Å². The van der Waals surface area contributed by atoms with Crippen molar-refractivity contribution in [3.63, 3.8) is 0 Å². The number of hydrogen-bond donors (Lipinski definition) is 0. The second-order valence-corrected chi connectivity index (χ2v) is 10.5. The van der Waals surface area contributed by atoms with E-state index >= 15 is 0 Å². The lowest BCUT2D eigenvalue weighted by atomic mass is 9.84. The van der Waals surface area contributed by atoms with Gasteiger partial charge in [-0.3, -0.25) is 0 Å². The topological polar surface area (TPSA) is 55.4 Å². The van der Waals surface area contributed by atoms with Crippen LogP contribution in [0.5, 0.6) is 0 Å². The fraction of sp³-hybridized carbons (Fsp3) is 0.714. The van der Waals surface area contributed by atoms with Crippen LogP contribution in [0.1, 0.15) is 59.9 Å². The van der Waals surface area contributed by atoms with Crippen molar-refractivity contribution in [3.8, 4) is 0 Å². The first-order chi connectivity index (χ1) is 16.1. The molecule has 0 saturated carbocycles. The first-order valence-corrected chi connectivity index (χ1v) is 12.6. The van der Waals surface area contributed by atoms with Crippen molar-refractivity contribution in [2.75, 3.05) is 7.11 Å². The van der Waals surface area contributed by atoms with Crippen LogP contribution in [-0.2, 0) is 35.0 Å². The van der Waals surface area contributed by atoms with E-state index < -0.39 is 12.1 Å². The highest BCUT2D eigenvalue weighted by Gasteiger charge is 2.44. The molecular formula is C28H44O6. The summed E-state index contributed by atoms with van der Waals surface area (Å²) in [6.45, 7) is 17.1. The largest absolute Gasteiger partial charge is 0.381 e. The van der Waals surface area contributed by atoms with Crippen molar-refractivity contribution in [2.45, 2.75) is 104 Å². The van der Waals surface area contributed by atoms with Crippen LogP contribution in [0.25, 0.3) is 0 Å². The molecule has 6 heteroatoms. The van der Waals surface area contributed by atoms with E-state index in [9.17, 15) is 0 Å². The number of hydrogen-bond acceptors (Lipinski definition) is 6. The minimum atomic E-state index is -0.629. The monoisotopic (exact) mass is 476 g/mol. The van der Waals surface area contributed by atoms with Gasteiger partial charge in [0.25, 0.3) is 0 Å². The van der Waals surface area contributed by atoms with Gasteiger partial charge in [-0.1, -0.05) is 64.1 Å². The number of benzene rings is 1. The Kier molecular flexibility index (Phi) is 9.73. The molecule has 0 bridgehead atoms. The molecule has 0 N–H and O–H groups in total. The lowest BCUT2D eigenvalue weighted by Crippen LogP contribution is -2.53. The molecule has 1 aromatic carbocycles. The lowest BCUT2D eigenvalue weighted by molar-refractivity contribution is -0.336. The minimum Gasteiger partial charge on any atom is -0.381 e. The van der Waals surface area contributed by atoms with Gasteiger partial charge in [-0.2, -0.15) is 0 Å². The maximum atomic E-state index is 6.36. The molecule has 8 atom stereocenters. The molecule has 2 saturated heterocycles. The molecule has 2 aliphatic rings. The molecule has 3 rings (SSSR count). The summed E-state index contributed by atoms with van der Waals surface area (Å²) < 4.78 is 37.1. The standard InChI is InChI=1S/C28H44O6/c1-9-22-15-25(30-17-21-13-11-10-12-14-21)32-27(31-22)20(5)23(29-8)16-24-19(4)26(18(2)3)34-28(6,7)33-24/h9-14,18-20,22-27H,1,15-17H2,2-8H3/t19-,20+,22-,23+,24-,25+,26+,27-/m0/s1. The number of ether oxygens (including phenoxy) is 6. The molecule has 2 fully saturated rings. The van der Waals surface area contributed by atoms with Crippen LogP contribution in [0, 0.1) is 17.8 Å². The molecule has 0 aromatic heterocycles. The summed E-state index contributed by atoms with van der Waals surface area (Å²) in [4.78, 5) is 0. The van der Waals surface area contributed by atoms with Crippen molar-refractivity contribution in [3.05, 3.63) is 48.6 Å². The van der Waals surface area contributed by atoms with Gasteiger partial charge in [0, 0.05) is 31.8 Å². The summed E-state index contributed by atoms with van der Waals surface area (Å²) in [5.41, 5.74) is 1.11. The third-order valence-corrected chi connectivity index (χ3v) is 6.96. The molecule has 0 spiro atoms. The van der Waals surface area contributed by atoms with Crippen molar-refractivity contribution < 1.29 is 28.4 Å². The Balaban J connectivity index is 1.66. The van der Waals surface area contributed by atoms with E-state index in [1.54, 1.807) is 7.11 Å². The Morgan fingerprint density at radius 3 is 2.44 bits per heavy atom. The third-order valence-electron chi connectivity index (χ3n) is 6.96. The van der Waals surface area contributed by atoms with Crippen LogP contribution < -0.4 is 0 Å². The van der Waals surface area contributed by atoms with Gasteiger partial charge < -0.3 is 28.4 Å². The van der Waals surface area contributed by atoms with E-state index in [1.807, 2.05) is 50.3 Å². The van der Waals surface area contributed by atoms with Gasteiger partial charge in [0.1, 0.15) is 0 Å². The van der Waals surface area contributed by atoms with Crippen molar-refractivity contribution in [1.82, 2.24) is 0 Å². The van der Waals surface area contributed by atoms with Gasteiger partial charge in [0.15, 0.2) is 18.4 Å². The van der Waals surface area contributed by atoms with Crippen LogP contribution in [0.2, 0.25) is 0 Å². The maximum absolute atomic E-state index is 6.36. The maximum Gasteiger partial charge on any atom is 0.166 e. The Bertz CT molecular complexity index is 751. The van der Waals surface area contributed by atoms with Crippen molar-refractivity contribution >= 4 is 0 Å². The summed E-state index contributed by atoms with van der Waals surface area (Å²) in [5, 5.41) is 0. The molecule has 1 aromatic rings. The van der Waals surface area contributed by atoms with Crippen LogP contribution >= 0.6 is 0 Å². The fourth-order valence-electron chi connectivity index (χ4n) is 5.01. The molecule has 192 valence electrons. The molecule has 0 unspecified atom stereocenters. The predicted molar refractivity (Wildman–Crippen MR) is 132 cm³/mol. The third kappa shape index (κ3) is 7.12. The highest BCUT2D eigenvalue weighted by Crippen LogP contribution is 2.38. The first kappa shape index (κ1) is 27.3. The summed E-state index contributed by atoms with van der Waals surface area (Å²) >= 11 is 0. The normalized spacial score (nSPS) is 33.4. The van der Waals surface area contributed by atoms with Gasteiger partial charge >= 0.3 is 0 Å². The highest BCUT2D eigenvalue weighted by molar-refractivity contribution is 5.13. The first-order valence-electron chi connectivity index (χ1n) is 12.6. The van der Waals surface area contributed by atoms with E-state index in [2.05, 4.69) is 34.3 Å². The predicted octanol–water partition coefficient (Wildman–Crippen LogP) is 5.70. The lowest BCUT2D eigenvalue weighted by Gasteiger charge is -2.48. The van der Waals surface area contributed by atoms with E-state index in [0.29, 0.717) is 18.9 Å². The fourth-order valence-corrected chi connectivity index (χ4v) is 5.01. The Morgan fingerprint density at radius 2 is 1.82 bits per heavy atom. The summed E-state index contributed by atoms with van der Waals surface area (Å²) in [7, 11) is 1.74. The van der Waals surface area contributed by atoms with Gasteiger partial charge in [-0.15, -0.1) is 6.58 Å². The summed E-state index contributed by atoms with van der Waals surface area (Å²) in [6.07, 6.45) is 2.21. The Hall–Kier alpha value is -1.28. The zero-order valence-corrected chi connectivity index (χ0v) is 21.9. The molecular weight excluding hydrogens is 432 g/mol. The number of rotatable bonds is 10. The summed E-state index contributed by atoms with van der Waals surface area (Å²) in [6, 6.07) is 10.1. The highest BCUT2D eigenvalue weighted by atomic mass is 16.8. The van der Waals surface area contributed by atoms with E-state index in [1.165, 1.54) is 0 Å². The van der Waals surface area contributed by atoms with Gasteiger partial charge in [0.05, 0.1) is 31.0 Å². The zero-order valence-electron chi connectivity index (χ0n) is 21.9. The Labute approximate surface area is 205 Å². The van der Waals surface area contributed by atoms with Gasteiger partial charge in [-0.05, 0) is 25.3 Å². The average Bonchev–Trinajstić information content (AvgIpc) is 2.82. The average molecular weight is 477 g/mol. The second kappa shape index (κ2) is 12.1. The smallest absolute Gasteiger partial charge is 0.166 e. The SMILES string of the molecule is C=C[C@H]1C[C@H](OCc2ccccc2)O[C@@H]([C@H](C)[C@@H](C[C@@H]2OC(C)(C)O[C@H](C(C)C)[C@H]2C)OC)O1. The van der Waals surface area contributed by atoms with Gasteiger partial charge in [-0.25, -0.2) is 0 Å². The van der Waals surface area contributed by atoms with Crippen molar-refractivity contribution in [1.29, 1.82) is 0 Å². The Morgan fingerprint density at radius 1 is 1.12 bits per heavy atom. The molecule has 2 aliphatic heterocycles. The quantitative estimate of drug-likeness (QED) is 0.404. The van der Waals surface area contributed by atoms with E-state index in [-0.39, 0.29) is 42.5 Å². The second-order valence-electron chi connectivity index (χ2n) is 10.5. The molecule has 0 amide bonds. The van der Waals surface area contributed by atoms with Crippen molar-refractivity contribution in [2.24, 2.45) is 17.8 Å².